The highest BCUT2D eigenvalue weighted by Crippen LogP contribution is 2.35. The minimum Gasteiger partial charge on any atom is -0.376 e. The van der Waals surface area contributed by atoms with E-state index in [4.69, 9.17) is 4.74 Å². The van der Waals surface area contributed by atoms with Gasteiger partial charge < -0.3 is 10.1 Å². The average molecular weight is 356 g/mol. The van der Waals surface area contributed by atoms with Gasteiger partial charge >= 0.3 is 6.18 Å². The van der Waals surface area contributed by atoms with E-state index in [9.17, 15) is 18.0 Å². The standard InChI is InChI=1S/C11H13BrF3N3O2/c1-18-8(7(12)9(17-18)11(13,14)15)10(19)16-5-6-3-2-4-20-6/h6H,2-5H2,1H3,(H,16,19)/t6-/m0/s1. The molecule has 0 aromatic carbocycles. The number of rotatable bonds is 3. The van der Waals surface area contributed by atoms with Gasteiger partial charge in [0.2, 0.25) is 0 Å². The van der Waals surface area contributed by atoms with Crippen LogP contribution in [0.4, 0.5) is 13.2 Å². The highest BCUT2D eigenvalue weighted by Gasteiger charge is 2.39. The van der Waals surface area contributed by atoms with E-state index in [1.807, 2.05) is 0 Å². The second kappa shape index (κ2) is 5.72. The number of hydrogen-bond donors (Lipinski definition) is 1. The summed E-state index contributed by atoms with van der Waals surface area (Å²) in [6.45, 7) is 0.923. The molecule has 1 fully saturated rings. The van der Waals surface area contributed by atoms with Gasteiger partial charge in [-0.1, -0.05) is 0 Å². The normalized spacial score (nSPS) is 19.4. The molecule has 0 saturated carbocycles. The van der Waals surface area contributed by atoms with Gasteiger partial charge in [0.05, 0.1) is 10.6 Å². The van der Waals surface area contributed by atoms with Crippen LogP contribution in [0.15, 0.2) is 4.47 Å². The maximum atomic E-state index is 12.7. The van der Waals surface area contributed by atoms with Gasteiger partial charge in [0.15, 0.2) is 5.69 Å². The highest BCUT2D eigenvalue weighted by molar-refractivity contribution is 9.10. The predicted molar refractivity (Wildman–Crippen MR) is 67.2 cm³/mol. The maximum Gasteiger partial charge on any atom is 0.436 e. The minimum atomic E-state index is -4.61. The lowest BCUT2D eigenvalue weighted by Crippen LogP contribution is -2.33. The van der Waals surface area contributed by atoms with E-state index in [0.29, 0.717) is 6.61 Å². The molecule has 1 amide bonds. The van der Waals surface area contributed by atoms with Gasteiger partial charge in [-0.05, 0) is 28.8 Å². The lowest BCUT2D eigenvalue weighted by atomic mass is 10.2. The van der Waals surface area contributed by atoms with Crippen LogP contribution in [-0.4, -0.2) is 34.9 Å². The molecule has 0 aliphatic carbocycles. The van der Waals surface area contributed by atoms with Gasteiger partial charge in [0.25, 0.3) is 5.91 Å². The number of hydrogen-bond acceptors (Lipinski definition) is 3. The molecule has 20 heavy (non-hydrogen) atoms. The van der Waals surface area contributed by atoms with E-state index >= 15 is 0 Å². The lowest BCUT2D eigenvalue weighted by molar-refractivity contribution is -0.142. The number of halogens is 4. The smallest absolute Gasteiger partial charge is 0.376 e. The van der Waals surface area contributed by atoms with Gasteiger partial charge in [-0.3, -0.25) is 9.48 Å². The van der Waals surface area contributed by atoms with Crippen molar-refractivity contribution < 1.29 is 22.7 Å². The summed E-state index contributed by atoms with van der Waals surface area (Å²) in [5, 5.41) is 5.90. The molecule has 2 heterocycles. The molecular formula is C11H13BrF3N3O2. The van der Waals surface area contributed by atoms with Crippen LogP contribution in [-0.2, 0) is 18.0 Å². The molecule has 1 N–H and O–H groups in total. The zero-order valence-electron chi connectivity index (χ0n) is 10.6. The molecule has 0 bridgehead atoms. The largest absolute Gasteiger partial charge is 0.436 e. The molecule has 0 unspecified atom stereocenters. The fraction of sp³-hybridized carbons (Fsp3) is 0.636. The van der Waals surface area contributed by atoms with Crippen molar-refractivity contribution in [3.63, 3.8) is 0 Å². The maximum absolute atomic E-state index is 12.7. The molecule has 0 radical (unpaired) electrons. The van der Waals surface area contributed by atoms with Crippen molar-refractivity contribution >= 4 is 21.8 Å². The molecule has 0 spiro atoms. The van der Waals surface area contributed by atoms with E-state index in [0.717, 1.165) is 17.5 Å². The van der Waals surface area contributed by atoms with Gasteiger partial charge in [-0.25, -0.2) is 0 Å². The van der Waals surface area contributed by atoms with E-state index < -0.39 is 17.8 Å². The van der Waals surface area contributed by atoms with Crippen LogP contribution >= 0.6 is 15.9 Å². The third kappa shape index (κ3) is 3.14. The Bertz CT molecular complexity index is 510. The summed E-state index contributed by atoms with van der Waals surface area (Å²) in [6.07, 6.45) is -2.92. The zero-order chi connectivity index (χ0) is 14.9. The Balaban J connectivity index is 2.11. The van der Waals surface area contributed by atoms with E-state index in [1.165, 1.54) is 7.05 Å². The minimum absolute atomic E-state index is 0.0759. The summed E-state index contributed by atoms with van der Waals surface area (Å²) in [5.41, 5.74) is -1.27. The Kier molecular flexibility index (Phi) is 4.38. The number of ether oxygens (including phenoxy) is 1. The summed E-state index contributed by atoms with van der Waals surface area (Å²) in [4.78, 5) is 12.0. The third-order valence-electron chi connectivity index (χ3n) is 2.99. The topological polar surface area (TPSA) is 56.2 Å². The highest BCUT2D eigenvalue weighted by atomic mass is 79.9. The molecule has 2 rings (SSSR count). The summed E-state index contributed by atoms with van der Waals surface area (Å²) < 4.78 is 43.9. The van der Waals surface area contributed by atoms with Gasteiger partial charge in [0.1, 0.15) is 5.69 Å². The Morgan fingerprint density at radius 3 is 2.80 bits per heavy atom. The second-order valence-corrected chi connectivity index (χ2v) is 5.27. The molecular weight excluding hydrogens is 343 g/mol. The molecule has 1 aromatic heterocycles. The van der Waals surface area contributed by atoms with Crippen LogP contribution in [0.3, 0.4) is 0 Å². The van der Waals surface area contributed by atoms with Crippen LogP contribution in [0, 0.1) is 0 Å². The van der Waals surface area contributed by atoms with Gasteiger partial charge in [0, 0.05) is 20.2 Å². The van der Waals surface area contributed by atoms with Crippen LogP contribution in [0.25, 0.3) is 0 Å². The molecule has 1 aliphatic heterocycles. The van der Waals surface area contributed by atoms with Crippen molar-refractivity contribution in [1.82, 2.24) is 15.1 Å². The molecule has 112 valence electrons. The van der Waals surface area contributed by atoms with Crippen LogP contribution < -0.4 is 5.32 Å². The Labute approximate surface area is 121 Å². The summed E-state index contributed by atoms with van der Waals surface area (Å²) in [7, 11) is 1.29. The molecule has 1 atom stereocenters. The molecule has 5 nitrogen and oxygen atoms in total. The fourth-order valence-corrected chi connectivity index (χ4v) is 2.76. The Morgan fingerprint density at radius 1 is 1.60 bits per heavy atom. The number of carbonyl (C=O) groups is 1. The number of alkyl halides is 3. The molecule has 9 heteroatoms. The first-order valence-electron chi connectivity index (χ1n) is 6.00. The number of aryl methyl sites for hydroxylation is 1. The number of nitrogens with one attached hydrogen (secondary N) is 1. The van der Waals surface area contributed by atoms with Crippen molar-refractivity contribution in [2.45, 2.75) is 25.1 Å². The van der Waals surface area contributed by atoms with E-state index in [-0.39, 0.29) is 22.8 Å². The van der Waals surface area contributed by atoms with Crippen molar-refractivity contribution in [2.75, 3.05) is 13.2 Å². The first kappa shape index (κ1) is 15.3. The zero-order valence-corrected chi connectivity index (χ0v) is 12.2. The van der Waals surface area contributed by atoms with E-state index in [1.54, 1.807) is 0 Å². The van der Waals surface area contributed by atoms with Crippen molar-refractivity contribution in [3.05, 3.63) is 15.9 Å². The van der Waals surface area contributed by atoms with Gasteiger partial charge in [-0.2, -0.15) is 18.3 Å². The summed E-state index contributed by atoms with van der Waals surface area (Å²) in [5.74, 6) is -0.613. The molecule has 1 saturated heterocycles. The monoisotopic (exact) mass is 355 g/mol. The average Bonchev–Trinajstić information content (AvgIpc) is 2.94. The third-order valence-corrected chi connectivity index (χ3v) is 3.74. The van der Waals surface area contributed by atoms with Crippen molar-refractivity contribution in [2.24, 2.45) is 7.05 Å². The van der Waals surface area contributed by atoms with Crippen LogP contribution in [0.1, 0.15) is 29.0 Å². The van der Waals surface area contributed by atoms with Crippen molar-refractivity contribution in [1.29, 1.82) is 0 Å². The SMILES string of the molecule is Cn1nc(C(F)(F)F)c(Br)c1C(=O)NC[C@@H]1CCCO1. The quantitative estimate of drug-likeness (QED) is 0.903. The predicted octanol–water partition coefficient (Wildman–Crippen LogP) is 2.11. The summed E-state index contributed by atoms with van der Waals surface area (Å²) >= 11 is 2.80. The number of amides is 1. The van der Waals surface area contributed by atoms with E-state index in [2.05, 4.69) is 26.3 Å². The Hall–Kier alpha value is -1.09. The van der Waals surface area contributed by atoms with Gasteiger partial charge in [-0.15, -0.1) is 0 Å². The number of carbonyl (C=O) groups excluding carboxylic acids is 1. The summed E-state index contributed by atoms with van der Waals surface area (Å²) in [6, 6.07) is 0. The number of nitrogens with zero attached hydrogens (tertiary/aromatic N) is 2. The molecule has 1 aliphatic rings. The lowest BCUT2D eigenvalue weighted by Gasteiger charge is -2.11. The van der Waals surface area contributed by atoms with Crippen LogP contribution in [0.5, 0.6) is 0 Å². The molecule has 1 aromatic rings. The second-order valence-electron chi connectivity index (χ2n) is 4.48. The van der Waals surface area contributed by atoms with Crippen LogP contribution in [0.2, 0.25) is 0 Å². The number of aromatic nitrogens is 2. The first-order valence-corrected chi connectivity index (χ1v) is 6.79. The Morgan fingerprint density at radius 2 is 2.30 bits per heavy atom. The van der Waals surface area contributed by atoms with Crippen molar-refractivity contribution in [3.8, 4) is 0 Å². The first-order chi connectivity index (χ1) is 9.30. The fourth-order valence-electron chi connectivity index (χ4n) is 2.02.